The molecule has 0 aliphatic carbocycles. The van der Waals surface area contributed by atoms with Crippen LogP contribution in [0.25, 0.3) is 5.69 Å². The van der Waals surface area contributed by atoms with Crippen molar-refractivity contribution < 1.29 is 9.53 Å². The zero-order chi connectivity index (χ0) is 18.6. The monoisotopic (exact) mass is 362 g/mol. The Morgan fingerprint density at radius 2 is 1.93 bits per heavy atom. The summed E-state index contributed by atoms with van der Waals surface area (Å²) in [6.45, 7) is 2.60. The van der Waals surface area contributed by atoms with Gasteiger partial charge in [-0.3, -0.25) is 0 Å². The van der Waals surface area contributed by atoms with Crippen LogP contribution in [0.1, 0.15) is 30.1 Å². The highest BCUT2D eigenvalue weighted by Gasteiger charge is 2.21. The highest BCUT2D eigenvalue weighted by atomic mass is 16.5. The summed E-state index contributed by atoms with van der Waals surface area (Å²) in [6.07, 6.45) is 3.41. The molecule has 0 saturated heterocycles. The van der Waals surface area contributed by atoms with Gasteiger partial charge in [0, 0.05) is 5.56 Å². The van der Waals surface area contributed by atoms with E-state index in [2.05, 4.69) is 15.7 Å². The molecule has 138 valence electrons. The molecule has 0 radical (unpaired) electrons. The molecule has 2 amide bonds. The van der Waals surface area contributed by atoms with Crippen molar-refractivity contribution in [3.63, 3.8) is 0 Å². The molecule has 1 atom stereocenters. The number of para-hydroxylation sites is 2. The summed E-state index contributed by atoms with van der Waals surface area (Å²) in [7, 11) is 0. The third-order valence-corrected chi connectivity index (χ3v) is 4.75. The van der Waals surface area contributed by atoms with Crippen molar-refractivity contribution in [3.05, 3.63) is 72.1 Å². The molecule has 6 nitrogen and oxygen atoms in total. The first kappa shape index (κ1) is 17.1. The molecule has 0 saturated carbocycles. The lowest BCUT2D eigenvalue weighted by Gasteiger charge is -2.18. The fourth-order valence-corrected chi connectivity index (χ4v) is 3.35. The number of hydrogen-bond acceptors (Lipinski definition) is 3. The number of carbonyl (C=O) groups excluding carboxylic acids is 1. The van der Waals surface area contributed by atoms with Crippen LogP contribution in [0.15, 0.2) is 60.8 Å². The van der Waals surface area contributed by atoms with Crippen LogP contribution in [0, 0.1) is 6.92 Å². The van der Waals surface area contributed by atoms with Gasteiger partial charge in [0.1, 0.15) is 5.75 Å². The maximum atomic E-state index is 12.6. The Bertz CT molecular complexity index is 936. The molecule has 1 aliphatic heterocycles. The molecule has 2 aromatic carbocycles. The van der Waals surface area contributed by atoms with E-state index < -0.39 is 0 Å². The van der Waals surface area contributed by atoms with Crippen molar-refractivity contribution in [1.29, 1.82) is 0 Å². The number of carbonyl (C=O) groups is 1. The molecule has 2 heterocycles. The molecule has 1 aromatic heterocycles. The average molecular weight is 362 g/mol. The van der Waals surface area contributed by atoms with Crippen molar-refractivity contribution in [2.45, 2.75) is 25.8 Å². The second-order valence-corrected chi connectivity index (χ2v) is 6.57. The number of rotatable bonds is 3. The van der Waals surface area contributed by atoms with E-state index in [9.17, 15) is 4.79 Å². The minimum atomic E-state index is -0.243. The molecule has 3 aromatic rings. The van der Waals surface area contributed by atoms with Crippen molar-refractivity contribution in [1.82, 2.24) is 15.1 Å². The number of benzene rings is 2. The van der Waals surface area contributed by atoms with Crippen molar-refractivity contribution in [2.24, 2.45) is 0 Å². The van der Waals surface area contributed by atoms with Gasteiger partial charge >= 0.3 is 6.03 Å². The van der Waals surface area contributed by atoms with Crippen LogP contribution in [0.4, 0.5) is 10.5 Å². The summed E-state index contributed by atoms with van der Waals surface area (Å²) in [5.41, 5.74) is 3.54. The van der Waals surface area contributed by atoms with E-state index in [4.69, 9.17) is 4.74 Å². The normalized spacial score (nSPS) is 16.0. The topological polar surface area (TPSA) is 68.2 Å². The van der Waals surface area contributed by atoms with Crippen LogP contribution in [0.2, 0.25) is 0 Å². The first-order valence-electron chi connectivity index (χ1n) is 9.11. The van der Waals surface area contributed by atoms with E-state index >= 15 is 0 Å². The number of nitrogens with zero attached hydrogens (tertiary/aromatic N) is 2. The quantitative estimate of drug-likeness (QED) is 0.733. The Labute approximate surface area is 158 Å². The predicted molar refractivity (Wildman–Crippen MR) is 104 cm³/mol. The van der Waals surface area contributed by atoms with Crippen LogP contribution in [-0.2, 0) is 0 Å². The van der Waals surface area contributed by atoms with E-state index in [1.165, 1.54) is 0 Å². The molecule has 27 heavy (non-hydrogen) atoms. The minimum Gasteiger partial charge on any atom is -0.493 e. The number of fused-ring (bicyclic) bond motifs is 1. The van der Waals surface area contributed by atoms with Gasteiger partial charge in [-0.2, -0.15) is 5.10 Å². The number of urea groups is 1. The number of nitrogens with one attached hydrogen (secondary N) is 2. The van der Waals surface area contributed by atoms with Gasteiger partial charge in [-0.15, -0.1) is 0 Å². The Hall–Kier alpha value is -3.28. The molecule has 0 fully saturated rings. The van der Waals surface area contributed by atoms with E-state index in [0.717, 1.165) is 35.5 Å². The van der Waals surface area contributed by atoms with Crippen molar-refractivity contribution >= 4 is 11.7 Å². The van der Waals surface area contributed by atoms with Gasteiger partial charge in [-0.25, -0.2) is 9.48 Å². The lowest BCUT2D eigenvalue weighted by atomic mass is 10.0. The third-order valence-electron chi connectivity index (χ3n) is 4.75. The molecule has 6 heteroatoms. The molecule has 1 aliphatic rings. The molecular formula is C21H22N4O2. The summed E-state index contributed by atoms with van der Waals surface area (Å²) in [5, 5.41) is 10.4. The number of anilines is 1. The summed E-state index contributed by atoms with van der Waals surface area (Å²) in [4.78, 5) is 12.6. The second kappa shape index (κ2) is 7.53. The maximum Gasteiger partial charge on any atom is 0.319 e. The van der Waals surface area contributed by atoms with Crippen LogP contribution in [0.3, 0.4) is 0 Å². The van der Waals surface area contributed by atoms with E-state index in [0.29, 0.717) is 12.3 Å². The molecule has 1 unspecified atom stereocenters. The zero-order valence-electron chi connectivity index (χ0n) is 15.2. The van der Waals surface area contributed by atoms with Crippen LogP contribution in [0.5, 0.6) is 5.75 Å². The third kappa shape index (κ3) is 3.65. The first-order chi connectivity index (χ1) is 13.2. The summed E-state index contributed by atoms with van der Waals surface area (Å²) in [6, 6.07) is 17.4. The van der Waals surface area contributed by atoms with Crippen molar-refractivity contribution in [3.8, 4) is 11.4 Å². The molecular weight excluding hydrogens is 340 g/mol. The van der Waals surface area contributed by atoms with Gasteiger partial charge in [-0.05, 0) is 38.0 Å². The highest BCUT2D eigenvalue weighted by Crippen LogP contribution is 2.31. The summed E-state index contributed by atoms with van der Waals surface area (Å²) >= 11 is 0. The van der Waals surface area contributed by atoms with Crippen LogP contribution >= 0.6 is 0 Å². The molecule has 4 rings (SSSR count). The van der Waals surface area contributed by atoms with Crippen LogP contribution in [-0.4, -0.2) is 22.4 Å². The standard InChI is InChI=1S/C21H22N4O2/c1-15-19(14-22-25(15)16-8-3-2-4-9-16)24-21(26)23-18-11-7-13-27-20-12-6-5-10-17(18)20/h2-6,8-10,12,14,18H,7,11,13H2,1H3,(H2,23,24,26). The number of ether oxygens (including phenoxy) is 1. The largest absolute Gasteiger partial charge is 0.493 e. The van der Waals surface area contributed by atoms with E-state index in [-0.39, 0.29) is 12.1 Å². The van der Waals surface area contributed by atoms with Gasteiger partial charge in [0.15, 0.2) is 0 Å². The summed E-state index contributed by atoms with van der Waals surface area (Å²) in [5.74, 6) is 0.841. The van der Waals surface area contributed by atoms with Gasteiger partial charge in [0.05, 0.1) is 35.9 Å². The Morgan fingerprint density at radius 3 is 2.78 bits per heavy atom. The fraction of sp³-hybridized carbons (Fsp3) is 0.238. The Balaban J connectivity index is 1.48. The van der Waals surface area contributed by atoms with Gasteiger partial charge in [-0.1, -0.05) is 36.4 Å². The minimum absolute atomic E-state index is 0.0758. The number of aromatic nitrogens is 2. The fourth-order valence-electron chi connectivity index (χ4n) is 3.35. The van der Waals surface area contributed by atoms with E-state index in [1.807, 2.05) is 66.2 Å². The van der Waals surface area contributed by atoms with Gasteiger partial charge < -0.3 is 15.4 Å². The zero-order valence-corrected chi connectivity index (χ0v) is 15.2. The Kier molecular flexibility index (Phi) is 4.78. The van der Waals surface area contributed by atoms with E-state index in [1.54, 1.807) is 6.20 Å². The maximum absolute atomic E-state index is 12.6. The SMILES string of the molecule is Cc1c(NC(=O)NC2CCCOc3ccccc32)cnn1-c1ccccc1. The lowest BCUT2D eigenvalue weighted by molar-refractivity contribution is 0.247. The first-order valence-corrected chi connectivity index (χ1v) is 9.11. The smallest absolute Gasteiger partial charge is 0.319 e. The molecule has 2 N–H and O–H groups in total. The predicted octanol–water partition coefficient (Wildman–Crippen LogP) is 4.22. The lowest BCUT2D eigenvalue weighted by Crippen LogP contribution is -2.32. The average Bonchev–Trinajstić information content (AvgIpc) is 2.93. The highest BCUT2D eigenvalue weighted by molar-refractivity contribution is 5.90. The number of hydrogen-bond donors (Lipinski definition) is 2. The summed E-state index contributed by atoms with van der Waals surface area (Å²) < 4.78 is 7.57. The van der Waals surface area contributed by atoms with Crippen molar-refractivity contribution in [2.75, 3.05) is 11.9 Å². The van der Waals surface area contributed by atoms with Gasteiger partial charge in [0.25, 0.3) is 0 Å². The number of amides is 2. The molecule has 0 bridgehead atoms. The van der Waals surface area contributed by atoms with Gasteiger partial charge in [0.2, 0.25) is 0 Å². The Morgan fingerprint density at radius 1 is 1.15 bits per heavy atom. The van der Waals surface area contributed by atoms with Crippen LogP contribution < -0.4 is 15.4 Å². The molecule has 0 spiro atoms. The second-order valence-electron chi connectivity index (χ2n) is 6.57.